The first-order valence-electron chi connectivity index (χ1n) is 11.7. The van der Waals surface area contributed by atoms with E-state index < -0.39 is 5.60 Å². The fourth-order valence-electron chi connectivity index (χ4n) is 4.45. The Hall–Kier alpha value is -2.60. The Morgan fingerprint density at radius 2 is 1.84 bits per heavy atom. The Morgan fingerprint density at radius 1 is 1.16 bits per heavy atom. The van der Waals surface area contributed by atoms with Gasteiger partial charge in [-0.2, -0.15) is 5.10 Å². The first-order valence-corrected chi connectivity index (χ1v) is 11.7. The molecule has 2 atom stereocenters. The lowest BCUT2D eigenvalue weighted by atomic mass is 10.0. The highest BCUT2D eigenvalue weighted by molar-refractivity contribution is 5.68. The molecule has 172 valence electrons. The third-order valence-electron chi connectivity index (χ3n) is 6.31. The van der Waals surface area contributed by atoms with Crippen molar-refractivity contribution < 1.29 is 9.53 Å². The van der Waals surface area contributed by atoms with Gasteiger partial charge in [0.2, 0.25) is 0 Å². The lowest BCUT2D eigenvalue weighted by Gasteiger charge is -2.34. The van der Waals surface area contributed by atoms with Crippen molar-refractivity contribution in [2.45, 2.75) is 64.6 Å². The van der Waals surface area contributed by atoms with Crippen LogP contribution in [-0.2, 0) is 11.8 Å². The van der Waals surface area contributed by atoms with Gasteiger partial charge in [0.05, 0.1) is 6.20 Å². The van der Waals surface area contributed by atoms with Gasteiger partial charge < -0.3 is 15.0 Å². The second kappa shape index (κ2) is 9.10. The highest BCUT2D eigenvalue weighted by Crippen LogP contribution is 2.39. The number of hydrogen-bond acceptors (Lipinski definition) is 4. The Kier molecular flexibility index (Phi) is 6.42. The van der Waals surface area contributed by atoms with Crippen LogP contribution in [0.1, 0.15) is 52.5 Å². The summed E-state index contributed by atoms with van der Waals surface area (Å²) in [6, 6.07) is 9.73. The molecule has 1 aliphatic heterocycles. The van der Waals surface area contributed by atoms with Gasteiger partial charge in [-0.1, -0.05) is 35.9 Å². The van der Waals surface area contributed by atoms with Crippen molar-refractivity contribution in [1.82, 2.24) is 20.0 Å². The number of benzene rings is 1. The van der Waals surface area contributed by atoms with Gasteiger partial charge in [0.15, 0.2) is 0 Å². The molecule has 0 spiro atoms. The monoisotopic (exact) mass is 436 g/mol. The molecule has 1 saturated heterocycles. The van der Waals surface area contributed by atoms with Crippen molar-refractivity contribution in [2.24, 2.45) is 13.0 Å². The lowest BCUT2D eigenvalue weighted by Crippen LogP contribution is -2.47. The molecule has 6 nitrogen and oxygen atoms in total. The van der Waals surface area contributed by atoms with Crippen LogP contribution < -0.4 is 5.32 Å². The number of likely N-dealkylation sites (tertiary alicyclic amines) is 1. The molecular weight excluding hydrogens is 400 g/mol. The van der Waals surface area contributed by atoms with Crippen LogP contribution in [0.25, 0.3) is 17.2 Å². The Morgan fingerprint density at radius 3 is 2.44 bits per heavy atom. The maximum absolute atomic E-state index is 12.2. The van der Waals surface area contributed by atoms with Gasteiger partial charge in [0.1, 0.15) is 5.60 Å². The van der Waals surface area contributed by atoms with Crippen molar-refractivity contribution >= 4 is 12.2 Å². The topological polar surface area (TPSA) is 59.4 Å². The van der Waals surface area contributed by atoms with Crippen LogP contribution in [0, 0.1) is 5.92 Å². The Labute approximate surface area is 191 Å². The van der Waals surface area contributed by atoms with Crippen molar-refractivity contribution in [3.05, 3.63) is 47.8 Å². The van der Waals surface area contributed by atoms with Crippen molar-refractivity contribution in [1.29, 1.82) is 0 Å². The third kappa shape index (κ3) is 5.80. The van der Waals surface area contributed by atoms with Crippen molar-refractivity contribution in [3.63, 3.8) is 0 Å². The molecule has 2 aromatic rings. The minimum Gasteiger partial charge on any atom is -0.444 e. The van der Waals surface area contributed by atoms with E-state index >= 15 is 0 Å². The Balaban J connectivity index is 1.24. The average molecular weight is 437 g/mol. The number of nitrogens with zero attached hydrogens (tertiary/aromatic N) is 3. The standard InChI is InChI=1S/C26H36N4O2/c1-18(14-19-6-8-20(9-7-19)21-16-27-29(5)17-21)23-15-24(23)28-22-10-12-30(13-11-22)25(31)32-26(2,3)4/h6-9,14,16-17,22-24,28H,10-13,15H2,1-5H3/b18-14+/t23-,24+/m0/s1. The first-order chi connectivity index (χ1) is 15.2. The average Bonchev–Trinajstić information content (AvgIpc) is 3.37. The molecule has 1 aromatic carbocycles. The maximum atomic E-state index is 12.2. The van der Waals surface area contributed by atoms with Crippen LogP contribution in [0.15, 0.2) is 42.2 Å². The van der Waals surface area contributed by atoms with Gasteiger partial charge >= 0.3 is 6.09 Å². The molecule has 0 bridgehead atoms. The van der Waals surface area contributed by atoms with Crippen LogP contribution in [-0.4, -0.2) is 51.5 Å². The molecule has 1 N–H and O–H groups in total. The second-order valence-corrected chi connectivity index (χ2v) is 10.3. The van der Waals surface area contributed by atoms with Crippen LogP contribution in [0.5, 0.6) is 0 Å². The molecule has 1 amide bonds. The molecule has 4 rings (SSSR count). The highest BCUT2D eigenvalue weighted by Gasteiger charge is 2.40. The number of aromatic nitrogens is 2. The molecule has 2 fully saturated rings. The smallest absolute Gasteiger partial charge is 0.410 e. The van der Waals surface area contributed by atoms with Gasteiger partial charge in [0.25, 0.3) is 0 Å². The van der Waals surface area contributed by atoms with E-state index in [9.17, 15) is 4.79 Å². The van der Waals surface area contributed by atoms with Gasteiger partial charge in [0, 0.05) is 44.0 Å². The minimum atomic E-state index is -0.434. The van der Waals surface area contributed by atoms with Gasteiger partial charge in [-0.05, 0) is 64.0 Å². The second-order valence-electron chi connectivity index (χ2n) is 10.3. The van der Waals surface area contributed by atoms with Crippen molar-refractivity contribution in [3.8, 4) is 11.1 Å². The van der Waals surface area contributed by atoms with Crippen LogP contribution in [0.2, 0.25) is 0 Å². The summed E-state index contributed by atoms with van der Waals surface area (Å²) in [6.45, 7) is 9.52. The van der Waals surface area contributed by atoms with Gasteiger partial charge in [-0.3, -0.25) is 4.68 Å². The molecule has 0 radical (unpaired) electrons. The number of nitrogens with one attached hydrogen (secondary N) is 1. The largest absolute Gasteiger partial charge is 0.444 e. The summed E-state index contributed by atoms with van der Waals surface area (Å²) in [5.41, 5.74) is 4.57. The molecule has 32 heavy (non-hydrogen) atoms. The quantitative estimate of drug-likeness (QED) is 0.727. The molecule has 6 heteroatoms. The zero-order valence-corrected chi connectivity index (χ0v) is 20.0. The number of carbonyl (C=O) groups excluding carboxylic acids is 1. The van der Waals surface area contributed by atoms with E-state index in [-0.39, 0.29) is 6.09 Å². The summed E-state index contributed by atoms with van der Waals surface area (Å²) >= 11 is 0. The zero-order valence-electron chi connectivity index (χ0n) is 20.0. The van der Waals surface area contributed by atoms with E-state index in [0.29, 0.717) is 18.0 Å². The molecule has 1 saturated carbocycles. The summed E-state index contributed by atoms with van der Waals surface area (Å²) in [7, 11) is 1.94. The van der Waals surface area contributed by atoms with Crippen LogP contribution in [0.4, 0.5) is 4.79 Å². The van der Waals surface area contributed by atoms with Gasteiger partial charge in [-0.25, -0.2) is 4.79 Å². The minimum absolute atomic E-state index is 0.187. The SMILES string of the molecule is C/C(=C\c1ccc(-c2cnn(C)c2)cc1)[C@@H]1C[C@H]1NC1CCN(C(=O)OC(C)(C)C)CC1. The zero-order chi connectivity index (χ0) is 22.9. The summed E-state index contributed by atoms with van der Waals surface area (Å²) in [4.78, 5) is 14.1. The normalized spacial score (nSPS) is 22.2. The van der Waals surface area contributed by atoms with Crippen LogP contribution >= 0.6 is 0 Å². The van der Waals surface area contributed by atoms with Crippen LogP contribution in [0.3, 0.4) is 0 Å². The number of amides is 1. The molecule has 1 aliphatic carbocycles. The third-order valence-corrected chi connectivity index (χ3v) is 6.31. The van der Waals surface area contributed by atoms with Crippen molar-refractivity contribution in [2.75, 3.05) is 13.1 Å². The molecular formula is C26H36N4O2. The molecule has 1 aromatic heterocycles. The molecule has 2 aliphatic rings. The van der Waals surface area contributed by atoms with Gasteiger partial charge in [-0.15, -0.1) is 0 Å². The number of aryl methyl sites for hydroxylation is 1. The fraction of sp³-hybridized carbons (Fsp3) is 0.538. The predicted molar refractivity (Wildman–Crippen MR) is 128 cm³/mol. The predicted octanol–water partition coefficient (Wildman–Crippen LogP) is 4.87. The number of rotatable bonds is 5. The molecule has 0 unspecified atom stereocenters. The van der Waals surface area contributed by atoms with E-state index in [1.54, 1.807) is 0 Å². The summed E-state index contributed by atoms with van der Waals surface area (Å²) in [5, 5.41) is 8.07. The number of piperidine rings is 1. The lowest BCUT2D eigenvalue weighted by molar-refractivity contribution is 0.0198. The van der Waals surface area contributed by atoms with E-state index in [0.717, 1.165) is 31.5 Å². The Bertz CT molecular complexity index is 962. The summed E-state index contributed by atoms with van der Waals surface area (Å²) in [5.74, 6) is 0.608. The van der Waals surface area contributed by atoms with E-state index in [4.69, 9.17) is 4.74 Å². The highest BCUT2D eigenvalue weighted by atomic mass is 16.6. The first kappa shape index (κ1) is 22.6. The number of ether oxygens (including phenoxy) is 1. The molecule has 2 heterocycles. The summed E-state index contributed by atoms with van der Waals surface area (Å²) < 4.78 is 7.33. The number of hydrogen-bond donors (Lipinski definition) is 1. The van der Waals surface area contributed by atoms with E-state index in [2.05, 4.69) is 47.7 Å². The fourth-order valence-corrected chi connectivity index (χ4v) is 4.45. The summed E-state index contributed by atoms with van der Waals surface area (Å²) in [6.07, 6.45) is 9.23. The van der Waals surface area contributed by atoms with E-state index in [1.807, 2.05) is 49.8 Å². The van der Waals surface area contributed by atoms with E-state index in [1.165, 1.54) is 23.1 Å². The number of carbonyl (C=O) groups is 1. The maximum Gasteiger partial charge on any atom is 0.410 e.